The molecule has 2 aromatic heterocycles. The molecule has 0 saturated heterocycles. The summed E-state index contributed by atoms with van der Waals surface area (Å²) >= 11 is 0. The SMILES string of the molecule is Cc1nc2cc(C(C)CN)cnc2n1C. The van der Waals surface area contributed by atoms with Crippen LogP contribution in [0.25, 0.3) is 11.2 Å². The lowest BCUT2D eigenvalue weighted by Gasteiger charge is -2.07. The molecular weight excluding hydrogens is 188 g/mol. The Balaban J connectivity index is 2.57. The standard InChI is InChI=1S/C11H16N4/c1-7(5-12)9-4-10-11(13-6-9)15(3)8(2)14-10/h4,6-7H,5,12H2,1-3H3. The van der Waals surface area contributed by atoms with Crippen LogP contribution in [0.4, 0.5) is 0 Å². The third-order valence-electron chi connectivity index (χ3n) is 2.88. The molecule has 2 heterocycles. The molecule has 1 unspecified atom stereocenters. The second-order valence-corrected chi connectivity index (χ2v) is 3.97. The minimum Gasteiger partial charge on any atom is -0.330 e. The second kappa shape index (κ2) is 3.62. The zero-order valence-electron chi connectivity index (χ0n) is 9.36. The lowest BCUT2D eigenvalue weighted by molar-refractivity contribution is 0.770. The van der Waals surface area contributed by atoms with Crippen LogP contribution in [0.1, 0.15) is 24.2 Å². The molecule has 1 atom stereocenters. The van der Waals surface area contributed by atoms with Crippen LogP contribution in [0.3, 0.4) is 0 Å². The van der Waals surface area contributed by atoms with Crippen molar-refractivity contribution in [3.63, 3.8) is 0 Å². The van der Waals surface area contributed by atoms with Crippen molar-refractivity contribution in [1.29, 1.82) is 0 Å². The molecule has 0 spiro atoms. The van der Waals surface area contributed by atoms with Crippen LogP contribution in [0.5, 0.6) is 0 Å². The number of pyridine rings is 1. The van der Waals surface area contributed by atoms with Crippen molar-refractivity contribution in [2.45, 2.75) is 19.8 Å². The third kappa shape index (κ3) is 1.61. The number of aromatic nitrogens is 3. The average molecular weight is 204 g/mol. The Morgan fingerprint density at radius 3 is 2.93 bits per heavy atom. The summed E-state index contributed by atoms with van der Waals surface area (Å²) in [6.45, 7) is 4.71. The maximum absolute atomic E-state index is 5.63. The summed E-state index contributed by atoms with van der Waals surface area (Å²) in [6, 6.07) is 2.08. The summed E-state index contributed by atoms with van der Waals surface area (Å²) in [6.07, 6.45) is 1.89. The molecule has 80 valence electrons. The summed E-state index contributed by atoms with van der Waals surface area (Å²) in [4.78, 5) is 8.87. The van der Waals surface area contributed by atoms with Crippen molar-refractivity contribution in [1.82, 2.24) is 14.5 Å². The number of hydrogen-bond donors (Lipinski definition) is 1. The minimum atomic E-state index is 0.337. The van der Waals surface area contributed by atoms with Crippen molar-refractivity contribution < 1.29 is 0 Å². The van der Waals surface area contributed by atoms with E-state index in [9.17, 15) is 0 Å². The third-order valence-corrected chi connectivity index (χ3v) is 2.88. The van der Waals surface area contributed by atoms with Gasteiger partial charge in [-0.25, -0.2) is 9.97 Å². The van der Waals surface area contributed by atoms with Gasteiger partial charge in [-0.1, -0.05) is 6.92 Å². The smallest absolute Gasteiger partial charge is 0.159 e. The lowest BCUT2D eigenvalue weighted by atomic mass is 10.0. The molecule has 0 aromatic carbocycles. The maximum Gasteiger partial charge on any atom is 0.159 e. The van der Waals surface area contributed by atoms with E-state index in [-0.39, 0.29) is 0 Å². The van der Waals surface area contributed by atoms with E-state index >= 15 is 0 Å². The van der Waals surface area contributed by atoms with Gasteiger partial charge < -0.3 is 10.3 Å². The van der Waals surface area contributed by atoms with Crippen LogP contribution in [-0.2, 0) is 7.05 Å². The zero-order valence-corrected chi connectivity index (χ0v) is 9.36. The monoisotopic (exact) mass is 204 g/mol. The summed E-state index contributed by atoms with van der Waals surface area (Å²) in [5.74, 6) is 1.32. The van der Waals surface area contributed by atoms with Crippen molar-refractivity contribution in [2.24, 2.45) is 12.8 Å². The fourth-order valence-corrected chi connectivity index (χ4v) is 1.61. The molecule has 2 aromatic rings. The van der Waals surface area contributed by atoms with Gasteiger partial charge in [0.05, 0.1) is 0 Å². The van der Waals surface area contributed by atoms with E-state index in [1.807, 2.05) is 24.7 Å². The number of hydrogen-bond acceptors (Lipinski definition) is 3. The van der Waals surface area contributed by atoms with Gasteiger partial charge in [0.1, 0.15) is 11.3 Å². The van der Waals surface area contributed by atoms with E-state index < -0.39 is 0 Å². The van der Waals surface area contributed by atoms with E-state index in [1.54, 1.807) is 0 Å². The highest BCUT2D eigenvalue weighted by Crippen LogP contribution is 2.18. The van der Waals surface area contributed by atoms with E-state index in [0.29, 0.717) is 12.5 Å². The van der Waals surface area contributed by atoms with Crippen LogP contribution >= 0.6 is 0 Å². The second-order valence-electron chi connectivity index (χ2n) is 3.97. The first-order valence-electron chi connectivity index (χ1n) is 5.12. The van der Waals surface area contributed by atoms with Crippen molar-refractivity contribution in [3.05, 3.63) is 23.7 Å². The summed E-state index contributed by atoms with van der Waals surface area (Å²) in [5, 5.41) is 0. The predicted octanol–water partition coefficient (Wildman–Crippen LogP) is 1.34. The Labute approximate surface area is 89.1 Å². The van der Waals surface area contributed by atoms with Gasteiger partial charge in [-0.05, 0) is 31.0 Å². The highest BCUT2D eigenvalue weighted by atomic mass is 15.1. The van der Waals surface area contributed by atoms with Crippen LogP contribution in [0.2, 0.25) is 0 Å². The molecule has 0 bridgehead atoms. The summed E-state index contributed by atoms with van der Waals surface area (Å²) < 4.78 is 1.99. The van der Waals surface area contributed by atoms with Gasteiger partial charge in [-0.2, -0.15) is 0 Å². The Morgan fingerprint density at radius 1 is 1.53 bits per heavy atom. The quantitative estimate of drug-likeness (QED) is 0.803. The first kappa shape index (κ1) is 10.1. The van der Waals surface area contributed by atoms with Crippen molar-refractivity contribution in [3.8, 4) is 0 Å². The van der Waals surface area contributed by atoms with E-state index in [0.717, 1.165) is 22.6 Å². The predicted molar refractivity (Wildman–Crippen MR) is 60.7 cm³/mol. The summed E-state index contributed by atoms with van der Waals surface area (Å²) in [5.41, 5.74) is 8.67. The Kier molecular flexibility index (Phi) is 2.44. The fourth-order valence-electron chi connectivity index (χ4n) is 1.61. The van der Waals surface area contributed by atoms with Gasteiger partial charge >= 0.3 is 0 Å². The van der Waals surface area contributed by atoms with Gasteiger partial charge in [-0.3, -0.25) is 0 Å². The molecule has 15 heavy (non-hydrogen) atoms. The number of nitrogens with zero attached hydrogens (tertiary/aromatic N) is 3. The van der Waals surface area contributed by atoms with E-state index in [4.69, 9.17) is 5.73 Å². The average Bonchev–Trinajstić information content (AvgIpc) is 2.53. The van der Waals surface area contributed by atoms with Crippen LogP contribution in [0.15, 0.2) is 12.3 Å². The topological polar surface area (TPSA) is 56.7 Å². The largest absolute Gasteiger partial charge is 0.330 e. The van der Waals surface area contributed by atoms with Crippen LogP contribution in [-0.4, -0.2) is 21.1 Å². The Morgan fingerprint density at radius 2 is 2.27 bits per heavy atom. The number of nitrogens with two attached hydrogens (primary N) is 1. The molecule has 0 aliphatic heterocycles. The molecule has 0 amide bonds. The van der Waals surface area contributed by atoms with E-state index in [1.165, 1.54) is 0 Å². The number of fused-ring (bicyclic) bond motifs is 1. The fraction of sp³-hybridized carbons (Fsp3) is 0.455. The highest BCUT2D eigenvalue weighted by molar-refractivity contribution is 5.72. The number of aryl methyl sites for hydroxylation is 2. The molecule has 4 heteroatoms. The molecule has 0 saturated carbocycles. The Hall–Kier alpha value is -1.42. The van der Waals surface area contributed by atoms with Gasteiger partial charge in [0.15, 0.2) is 5.65 Å². The van der Waals surface area contributed by atoms with Crippen molar-refractivity contribution >= 4 is 11.2 Å². The Bertz CT molecular complexity index is 487. The molecule has 0 aliphatic carbocycles. The highest BCUT2D eigenvalue weighted by Gasteiger charge is 2.09. The zero-order chi connectivity index (χ0) is 11.0. The van der Waals surface area contributed by atoms with Crippen LogP contribution < -0.4 is 5.73 Å². The molecule has 4 nitrogen and oxygen atoms in total. The first-order valence-corrected chi connectivity index (χ1v) is 5.12. The molecule has 0 aliphatic rings. The molecular formula is C11H16N4. The van der Waals surface area contributed by atoms with E-state index in [2.05, 4.69) is 23.0 Å². The van der Waals surface area contributed by atoms with Crippen LogP contribution in [0, 0.1) is 6.92 Å². The summed E-state index contributed by atoms with van der Waals surface area (Å²) in [7, 11) is 1.98. The van der Waals surface area contributed by atoms with Crippen molar-refractivity contribution in [2.75, 3.05) is 6.54 Å². The lowest BCUT2D eigenvalue weighted by Crippen LogP contribution is -2.09. The molecule has 0 radical (unpaired) electrons. The number of rotatable bonds is 2. The van der Waals surface area contributed by atoms with Gasteiger partial charge in [-0.15, -0.1) is 0 Å². The molecule has 2 N–H and O–H groups in total. The number of imidazole rings is 1. The first-order chi connectivity index (χ1) is 7.13. The normalized spacial score (nSPS) is 13.3. The van der Waals surface area contributed by atoms with Gasteiger partial charge in [0.2, 0.25) is 0 Å². The molecule has 0 fully saturated rings. The molecule has 2 rings (SSSR count). The minimum absolute atomic E-state index is 0.337. The van der Waals surface area contributed by atoms with Gasteiger partial charge in [0, 0.05) is 13.2 Å². The van der Waals surface area contributed by atoms with Gasteiger partial charge in [0.25, 0.3) is 0 Å². The maximum atomic E-state index is 5.63.